The molecule has 0 aromatic carbocycles. The molecule has 0 aliphatic carbocycles. The van der Waals surface area contributed by atoms with E-state index in [1.54, 1.807) is 0 Å². The second-order valence-electron chi connectivity index (χ2n) is 6.80. The topological polar surface area (TPSA) is 52.0 Å². The van der Waals surface area contributed by atoms with Crippen LogP contribution in [0.15, 0.2) is 0 Å². The number of nitrogens with two attached hydrogens (primary N) is 2. The normalized spacial score (nSPS) is 13.0. The Hall–Kier alpha value is -0.0800. The van der Waals surface area contributed by atoms with Gasteiger partial charge in [0.2, 0.25) is 0 Å². The van der Waals surface area contributed by atoms with Crippen molar-refractivity contribution in [1.29, 1.82) is 0 Å². The van der Waals surface area contributed by atoms with Gasteiger partial charge in [-0.2, -0.15) is 0 Å². The molecule has 2 heteroatoms. The van der Waals surface area contributed by atoms with Crippen LogP contribution in [0.5, 0.6) is 0 Å². The first kappa shape index (κ1) is 20.9. The molecule has 0 aromatic rings. The van der Waals surface area contributed by atoms with Crippen molar-refractivity contribution in [2.45, 2.75) is 116 Å². The van der Waals surface area contributed by atoms with Crippen LogP contribution in [-0.4, -0.2) is 6.17 Å². The molecular weight excluding hydrogens is 256 g/mol. The molecule has 128 valence electrons. The van der Waals surface area contributed by atoms with E-state index in [0.717, 1.165) is 0 Å². The molecule has 0 heterocycles. The van der Waals surface area contributed by atoms with E-state index in [0.29, 0.717) is 5.92 Å². The standard InChI is InChI=1S/C19H42N2/c1-3-5-7-9-11-13-15-17-18(19(20)21)16-14-12-10-8-6-4-2/h18-19H,3-17,20-21H2,1-2H3. The minimum Gasteiger partial charge on any atom is -0.316 e. The van der Waals surface area contributed by atoms with Gasteiger partial charge in [0.25, 0.3) is 0 Å². The summed E-state index contributed by atoms with van der Waals surface area (Å²) in [5, 5.41) is 0. The van der Waals surface area contributed by atoms with E-state index in [2.05, 4.69) is 13.8 Å². The zero-order valence-electron chi connectivity index (χ0n) is 14.9. The van der Waals surface area contributed by atoms with Gasteiger partial charge in [0, 0.05) is 0 Å². The summed E-state index contributed by atoms with van der Waals surface area (Å²) in [6.07, 6.45) is 20.2. The second-order valence-corrected chi connectivity index (χ2v) is 6.80. The van der Waals surface area contributed by atoms with Crippen LogP contribution in [0.25, 0.3) is 0 Å². The third kappa shape index (κ3) is 14.6. The highest BCUT2D eigenvalue weighted by Gasteiger charge is 2.13. The first-order valence-electron chi connectivity index (χ1n) is 9.73. The Balaban J connectivity index is 3.50. The highest BCUT2D eigenvalue weighted by Crippen LogP contribution is 2.20. The van der Waals surface area contributed by atoms with E-state index in [4.69, 9.17) is 11.5 Å². The maximum atomic E-state index is 5.96. The van der Waals surface area contributed by atoms with Crippen molar-refractivity contribution < 1.29 is 0 Å². The van der Waals surface area contributed by atoms with E-state index in [1.165, 1.54) is 96.3 Å². The molecule has 0 amide bonds. The SMILES string of the molecule is CCCCCCCCCC(CCCCCCCC)C(N)N. The Morgan fingerprint density at radius 1 is 0.524 bits per heavy atom. The van der Waals surface area contributed by atoms with Gasteiger partial charge in [-0.05, 0) is 18.8 Å². The third-order valence-electron chi connectivity index (χ3n) is 4.65. The smallest absolute Gasteiger partial charge is 0.0549 e. The number of hydrogen-bond acceptors (Lipinski definition) is 2. The van der Waals surface area contributed by atoms with Crippen molar-refractivity contribution in [3.8, 4) is 0 Å². The maximum Gasteiger partial charge on any atom is 0.0549 e. The van der Waals surface area contributed by atoms with Crippen molar-refractivity contribution in [3.63, 3.8) is 0 Å². The molecule has 0 saturated heterocycles. The van der Waals surface area contributed by atoms with Gasteiger partial charge in [-0.1, -0.05) is 97.3 Å². The van der Waals surface area contributed by atoms with Crippen LogP contribution < -0.4 is 11.5 Å². The van der Waals surface area contributed by atoms with Crippen LogP contribution in [-0.2, 0) is 0 Å². The first-order valence-corrected chi connectivity index (χ1v) is 9.73. The van der Waals surface area contributed by atoms with Crippen molar-refractivity contribution in [2.24, 2.45) is 17.4 Å². The monoisotopic (exact) mass is 298 g/mol. The van der Waals surface area contributed by atoms with E-state index in [-0.39, 0.29) is 6.17 Å². The molecule has 0 aromatic heterocycles. The minimum atomic E-state index is -0.110. The van der Waals surface area contributed by atoms with Gasteiger partial charge in [0.15, 0.2) is 0 Å². The molecule has 1 unspecified atom stereocenters. The fraction of sp³-hybridized carbons (Fsp3) is 1.00. The summed E-state index contributed by atoms with van der Waals surface area (Å²) in [4.78, 5) is 0. The number of rotatable bonds is 16. The van der Waals surface area contributed by atoms with Crippen molar-refractivity contribution in [3.05, 3.63) is 0 Å². The molecule has 0 rings (SSSR count). The van der Waals surface area contributed by atoms with Crippen molar-refractivity contribution in [2.75, 3.05) is 0 Å². The summed E-state index contributed by atoms with van der Waals surface area (Å²) >= 11 is 0. The van der Waals surface area contributed by atoms with Crippen LogP contribution >= 0.6 is 0 Å². The maximum absolute atomic E-state index is 5.96. The van der Waals surface area contributed by atoms with Crippen LogP contribution in [0.4, 0.5) is 0 Å². The molecule has 1 atom stereocenters. The Morgan fingerprint density at radius 3 is 1.19 bits per heavy atom. The lowest BCUT2D eigenvalue weighted by Crippen LogP contribution is -2.38. The van der Waals surface area contributed by atoms with Gasteiger partial charge in [0.1, 0.15) is 0 Å². The Bertz CT molecular complexity index is 192. The minimum absolute atomic E-state index is 0.110. The number of unbranched alkanes of at least 4 members (excludes halogenated alkanes) is 11. The quantitative estimate of drug-likeness (QED) is 0.282. The Labute approximate surface area is 134 Å². The zero-order valence-corrected chi connectivity index (χ0v) is 14.9. The van der Waals surface area contributed by atoms with Crippen LogP contribution in [0, 0.1) is 5.92 Å². The Kier molecular flexibility index (Phi) is 16.2. The van der Waals surface area contributed by atoms with Crippen LogP contribution in [0.3, 0.4) is 0 Å². The molecule has 0 aliphatic heterocycles. The molecule has 4 N–H and O–H groups in total. The fourth-order valence-electron chi connectivity index (χ4n) is 3.08. The van der Waals surface area contributed by atoms with Crippen molar-refractivity contribution >= 4 is 0 Å². The summed E-state index contributed by atoms with van der Waals surface area (Å²) in [6.45, 7) is 4.54. The molecule has 0 bridgehead atoms. The van der Waals surface area contributed by atoms with Gasteiger partial charge in [-0.3, -0.25) is 0 Å². The third-order valence-corrected chi connectivity index (χ3v) is 4.65. The van der Waals surface area contributed by atoms with E-state index in [9.17, 15) is 0 Å². The summed E-state index contributed by atoms with van der Waals surface area (Å²) in [5.74, 6) is 0.548. The largest absolute Gasteiger partial charge is 0.316 e. The Morgan fingerprint density at radius 2 is 0.857 bits per heavy atom. The molecule has 0 fully saturated rings. The molecule has 0 spiro atoms. The molecule has 0 aliphatic rings. The second kappa shape index (κ2) is 16.3. The lowest BCUT2D eigenvalue weighted by Gasteiger charge is -2.20. The van der Waals surface area contributed by atoms with Gasteiger partial charge < -0.3 is 11.5 Å². The van der Waals surface area contributed by atoms with Gasteiger partial charge >= 0.3 is 0 Å². The average molecular weight is 299 g/mol. The fourth-order valence-corrected chi connectivity index (χ4v) is 3.08. The molecule has 0 radical (unpaired) electrons. The summed E-state index contributed by atoms with van der Waals surface area (Å²) in [5.41, 5.74) is 11.9. The average Bonchev–Trinajstić information content (AvgIpc) is 2.47. The lowest BCUT2D eigenvalue weighted by atomic mass is 9.92. The van der Waals surface area contributed by atoms with E-state index < -0.39 is 0 Å². The highest BCUT2D eigenvalue weighted by atomic mass is 14.9. The van der Waals surface area contributed by atoms with Crippen LogP contribution in [0.1, 0.15) is 110 Å². The summed E-state index contributed by atoms with van der Waals surface area (Å²) in [6, 6.07) is 0. The molecule has 21 heavy (non-hydrogen) atoms. The van der Waals surface area contributed by atoms with E-state index in [1.807, 2.05) is 0 Å². The van der Waals surface area contributed by atoms with Crippen LogP contribution in [0.2, 0.25) is 0 Å². The highest BCUT2D eigenvalue weighted by molar-refractivity contribution is 4.68. The zero-order chi connectivity index (χ0) is 15.8. The van der Waals surface area contributed by atoms with E-state index >= 15 is 0 Å². The molecule has 0 saturated carbocycles. The summed E-state index contributed by atoms with van der Waals surface area (Å²) < 4.78 is 0. The first-order chi connectivity index (χ1) is 10.2. The summed E-state index contributed by atoms with van der Waals surface area (Å²) in [7, 11) is 0. The predicted octanol–water partition coefficient (Wildman–Crippen LogP) is 5.74. The number of hydrogen-bond donors (Lipinski definition) is 2. The molecular formula is C19H42N2. The van der Waals surface area contributed by atoms with Crippen molar-refractivity contribution in [1.82, 2.24) is 0 Å². The van der Waals surface area contributed by atoms with Gasteiger partial charge in [0.05, 0.1) is 6.17 Å². The lowest BCUT2D eigenvalue weighted by molar-refractivity contribution is 0.345. The molecule has 2 nitrogen and oxygen atoms in total. The van der Waals surface area contributed by atoms with Gasteiger partial charge in [-0.15, -0.1) is 0 Å². The predicted molar refractivity (Wildman–Crippen MR) is 96.3 cm³/mol. The van der Waals surface area contributed by atoms with Gasteiger partial charge in [-0.25, -0.2) is 0 Å².